The third-order valence-electron chi connectivity index (χ3n) is 8.87. The van der Waals surface area contributed by atoms with E-state index < -0.39 is 7.12 Å². The molecule has 1 aliphatic rings. The molecule has 1 aromatic heterocycles. The van der Waals surface area contributed by atoms with Gasteiger partial charge in [0.15, 0.2) is 0 Å². The SMILES string of the molecule is CB(F)n1c(-c2ccccc2)cc(-c2ccccc2)c1/C(=C1\N=C(c2ccccc2)C=C1c1ccccc1)c1c(C)cc(C)cc1C. The molecule has 0 atom stereocenters. The van der Waals surface area contributed by atoms with Crippen LogP contribution in [0.15, 0.2) is 156 Å². The van der Waals surface area contributed by atoms with Crippen LogP contribution in [0, 0.1) is 20.8 Å². The zero-order valence-corrected chi connectivity index (χ0v) is 27.2. The molecule has 0 aliphatic carbocycles. The van der Waals surface area contributed by atoms with Crippen molar-refractivity contribution < 1.29 is 4.32 Å². The highest BCUT2D eigenvalue weighted by molar-refractivity contribution is 6.49. The summed E-state index contributed by atoms with van der Waals surface area (Å²) in [6.07, 6.45) is 2.19. The molecule has 7 rings (SSSR count). The van der Waals surface area contributed by atoms with Crippen molar-refractivity contribution in [2.24, 2.45) is 4.99 Å². The molecule has 6 aromatic rings. The Morgan fingerprint density at radius 1 is 0.617 bits per heavy atom. The minimum absolute atomic E-state index is 0.815. The summed E-state index contributed by atoms with van der Waals surface area (Å²) in [5, 5.41) is 0. The highest BCUT2D eigenvalue weighted by Gasteiger charge is 2.32. The summed E-state index contributed by atoms with van der Waals surface area (Å²) in [5.41, 5.74) is 14.9. The van der Waals surface area contributed by atoms with Crippen LogP contribution < -0.4 is 0 Å². The van der Waals surface area contributed by atoms with Gasteiger partial charge in [-0.2, -0.15) is 0 Å². The average Bonchev–Trinajstić information content (AvgIpc) is 3.71. The van der Waals surface area contributed by atoms with Crippen molar-refractivity contribution in [3.63, 3.8) is 0 Å². The van der Waals surface area contributed by atoms with Crippen LogP contribution in [0.25, 0.3) is 33.5 Å². The summed E-state index contributed by atoms with van der Waals surface area (Å²) in [7, 11) is -1.32. The van der Waals surface area contributed by atoms with Crippen molar-refractivity contribution in [3.05, 3.63) is 190 Å². The third-order valence-corrected chi connectivity index (χ3v) is 8.87. The maximum Gasteiger partial charge on any atom is 0.462 e. The smallest absolute Gasteiger partial charge is 0.355 e. The lowest BCUT2D eigenvalue weighted by Crippen LogP contribution is -2.19. The molecule has 0 spiro atoms. The van der Waals surface area contributed by atoms with Gasteiger partial charge >= 0.3 is 7.12 Å². The maximum absolute atomic E-state index is 16.4. The molecule has 0 bridgehead atoms. The Kier molecular flexibility index (Phi) is 8.18. The zero-order valence-electron chi connectivity index (χ0n) is 27.2. The Hall–Kier alpha value is -5.48. The van der Waals surface area contributed by atoms with E-state index in [-0.39, 0.29) is 0 Å². The Balaban J connectivity index is 1.68. The van der Waals surface area contributed by atoms with Gasteiger partial charge in [0.05, 0.1) is 11.4 Å². The second kappa shape index (κ2) is 12.7. The molecular weight excluding hydrogens is 574 g/mol. The normalized spacial score (nSPS) is 13.7. The van der Waals surface area contributed by atoms with E-state index in [0.29, 0.717) is 0 Å². The van der Waals surface area contributed by atoms with Gasteiger partial charge in [-0.3, -0.25) is 0 Å². The minimum atomic E-state index is -1.32. The van der Waals surface area contributed by atoms with Gasteiger partial charge in [0, 0.05) is 33.7 Å². The Bertz CT molecular complexity index is 2130. The van der Waals surface area contributed by atoms with Crippen molar-refractivity contribution >= 4 is 24.0 Å². The molecular formula is C43H36BFN2. The number of rotatable bonds is 7. The largest absolute Gasteiger partial charge is 0.462 e. The van der Waals surface area contributed by atoms with Crippen molar-refractivity contribution in [2.75, 3.05) is 0 Å². The van der Waals surface area contributed by atoms with Gasteiger partial charge in [-0.1, -0.05) is 139 Å². The predicted molar refractivity (Wildman–Crippen MR) is 198 cm³/mol. The van der Waals surface area contributed by atoms with E-state index in [4.69, 9.17) is 4.99 Å². The van der Waals surface area contributed by atoms with Crippen LogP contribution in [0.1, 0.15) is 39.1 Å². The number of aryl methyl sites for hydroxylation is 3. The first-order valence-corrected chi connectivity index (χ1v) is 16.2. The molecule has 0 radical (unpaired) electrons. The Morgan fingerprint density at radius 3 is 1.64 bits per heavy atom. The first-order chi connectivity index (χ1) is 22.9. The number of aliphatic imine (C=N–C) groups is 1. The summed E-state index contributed by atoms with van der Waals surface area (Å²) in [4.78, 5) is 5.46. The van der Waals surface area contributed by atoms with E-state index in [1.165, 1.54) is 5.56 Å². The molecule has 0 unspecified atom stereocenters. The quantitative estimate of drug-likeness (QED) is 0.160. The molecule has 0 saturated carbocycles. The number of nitrogens with zero attached hydrogens (tertiary/aromatic N) is 2. The fourth-order valence-electron chi connectivity index (χ4n) is 6.95. The molecule has 0 saturated heterocycles. The molecule has 2 heterocycles. The topological polar surface area (TPSA) is 17.3 Å². The predicted octanol–water partition coefficient (Wildman–Crippen LogP) is 11.0. The van der Waals surface area contributed by atoms with Crippen LogP contribution in [-0.2, 0) is 0 Å². The fourth-order valence-corrected chi connectivity index (χ4v) is 6.95. The van der Waals surface area contributed by atoms with E-state index in [2.05, 4.69) is 106 Å². The number of benzene rings is 5. The minimum Gasteiger partial charge on any atom is -0.355 e. The van der Waals surface area contributed by atoms with Gasteiger partial charge in [0.1, 0.15) is 0 Å². The van der Waals surface area contributed by atoms with E-state index in [0.717, 1.165) is 78.5 Å². The summed E-state index contributed by atoms with van der Waals surface area (Å²) in [5.74, 6) is 0. The van der Waals surface area contributed by atoms with Gasteiger partial charge in [0.2, 0.25) is 0 Å². The summed E-state index contributed by atoms with van der Waals surface area (Å²) < 4.78 is 18.3. The molecule has 0 amide bonds. The highest BCUT2D eigenvalue weighted by atomic mass is 19.1. The number of hydrogen-bond acceptors (Lipinski definition) is 1. The molecule has 2 nitrogen and oxygen atoms in total. The van der Waals surface area contributed by atoms with Crippen LogP contribution in [0.2, 0.25) is 6.82 Å². The Labute approximate surface area is 277 Å². The number of allylic oxidation sites excluding steroid dienone is 2. The molecule has 5 aromatic carbocycles. The second-order valence-electron chi connectivity index (χ2n) is 12.3. The first kappa shape index (κ1) is 30.2. The van der Waals surface area contributed by atoms with Crippen molar-refractivity contribution in [2.45, 2.75) is 27.6 Å². The van der Waals surface area contributed by atoms with Crippen molar-refractivity contribution in [1.29, 1.82) is 0 Å². The lowest BCUT2D eigenvalue weighted by atomic mass is 9.83. The number of halogens is 1. The van der Waals surface area contributed by atoms with Crippen molar-refractivity contribution in [3.8, 4) is 22.4 Å². The van der Waals surface area contributed by atoms with E-state index in [1.54, 1.807) is 6.82 Å². The second-order valence-corrected chi connectivity index (χ2v) is 12.3. The molecule has 228 valence electrons. The molecule has 4 heteroatoms. The van der Waals surface area contributed by atoms with Gasteiger partial charge < -0.3 is 8.79 Å². The Morgan fingerprint density at radius 2 is 1.11 bits per heavy atom. The van der Waals surface area contributed by atoms with Crippen LogP contribution in [0.5, 0.6) is 0 Å². The summed E-state index contributed by atoms with van der Waals surface area (Å²) >= 11 is 0. The molecule has 47 heavy (non-hydrogen) atoms. The maximum atomic E-state index is 16.4. The summed E-state index contributed by atoms with van der Waals surface area (Å²) in [6.45, 7) is 8.07. The zero-order chi connectivity index (χ0) is 32.5. The van der Waals surface area contributed by atoms with E-state index in [9.17, 15) is 0 Å². The average molecular weight is 611 g/mol. The fraction of sp³-hybridized carbons (Fsp3) is 0.0930. The molecule has 1 aliphatic heterocycles. The molecule has 0 N–H and O–H groups in total. The lowest BCUT2D eigenvalue weighted by Gasteiger charge is -2.23. The van der Waals surface area contributed by atoms with Crippen LogP contribution in [0.4, 0.5) is 4.32 Å². The van der Waals surface area contributed by atoms with Gasteiger partial charge in [0.25, 0.3) is 0 Å². The standard InChI is InChI=1S/C43H36BFN2/c1-29-25-30(2)40(31(3)26-29)41(42-36(32-17-9-5-10-18-32)27-38(46-42)34-21-13-7-14-22-34)43-37(33-19-11-6-12-20-33)28-39(47(43)44(4)45)35-23-15-8-16-24-35/h5-28H,1-4H3/b42-41-. The van der Waals surface area contributed by atoms with E-state index >= 15 is 4.32 Å². The van der Waals surface area contributed by atoms with Crippen LogP contribution in [-0.4, -0.2) is 17.3 Å². The summed E-state index contributed by atoms with van der Waals surface area (Å²) in [6, 6.07) is 47.8. The van der Waals surface area contributed by atoms with E-state index in [1.807, 2.05) is 65.1 Å². The van der Waals surface area contributed by atoms with Crippen molar-refractivity contribution in [1.82, 2.24) is 4.48 Å². The number of hydrogen-bond donors (Lipinski definition) is 0. The third kappa shape index (κ3) is 5.72. The van der Waals surface area contributed by atoms with Gasteiger partial charge in [-0.15, -0.1) is 0 Å². The van der Waals surface area contributed by atoms with Gasteiger partial charge in [-0.05, 0) is 73.1 Å². The van der Waals surface area contributed by atoms with Crippen LogP contribution >= 0.6 is 0 Å². The molecule has 0 fully saturated rings. The van der Waals surface area contributed by atoms with Crippen LogP contribution in [0.3, 0.4) is 0 Å². The first-order valence-electron chi connectivity index (χ1n) is 16.2. The lowest BCUT2D eigenvalue weighted by molar-refractivity contribution is 0.798. The van der Waals surface area contributed by atoms with Gasteiger partial charge in [-0.25, -0.2) is 4.99 Å². The highest BCUT2D eigenvalue weighted by Crippen LogP contribution is 2.46. The number of aromatic nitrogens is 1. The monoisotopic (exact) mass is 610 g/mol.